The highest BCUT2D eigenvalue weighted by Crippen LogP contribution is 2.26. The van der Waals surface area contributed by atoms with Crippen molar-refractivity contribution >= 4 is 22.4 Å². The summed E-state index contributed by atoms with van der Waals surface area (Å²) in [6, 6.07) is 8.58. The van der Waals surface area contributed by atoms with Crippen LogP contribution in [0.25, 0.3) is 10.8 Å². The summed E-state index contributed by atoms with van der Waals surface area (Å²) in [4.78, 5) is 16.4. The van der Waals surface area contributed by atoms with Crippen molar-refractivity contribution in [1.29, 1.82) is 0 Å². The lowest BCUT2D eigenvalue weighted by Gasteiger charge is -2.21. The number of amides is 1. The molecule has 0 atom stereocenters. The number of nitrogens with zero attached hydrogens (tertiary/aromatic N) is 1. The van der Waals surface area contributed by atoms with Crippen LogP contribution in [0.5, 0.6) is 5.75 Å². The maximum absolute atomic E-state index is 13.9. The van der Waals surface area contributed by atoms with Gasteiger partial charge < -0.3 is 10.1 Å². The fraction of sp³-hybridized carbons (Fsp3) is 0.200. The van der Waals surface area contributed by atoms with Crippen LogP contribution in [0.3, 0.4) is 0 Å². The molecule has 27 heavy (non-hydrogen) atoms. The Bertz CT molecular complexity index is 1010. The van der Waals surface area contributed by atoms with Crippen molar-refractivity contribution in [2.45, 2.75) is 26.4 Å². The van der Waals surface area contributed by atoms with Crippen molar-refractivity contribution in [2.24, 2.45) is 0 Å². The van der Waals surface area contributed by atoms with Gasteiger partial charge in [-0.2, -0.15) is 0 Å². The van der Waals surface area contributed by atoms with E-state index < -0.39 is 23.4 Å². The van der Waals surface area contributed by atoms with Crippen LogP contribution in [0.15, 0.2) is 42.6 Å². The van der Waals surface area contributed by atoms with E-state index >= 15 is 0 Å². The van der Waals surface area contributed by atoms with E-state index in [0.29, 0.717) is 11.4 Å². The van der Waals surface area contributed by atoms with Crippen LogP contribution in [0.2, 0.25) is 0 Å². The molecule has 3 rings (SSSR count). The van der Waals surface area contributed by atoms with Crippen molar-refractivity contribution in [3.8, 4) is 5.75 Å². The number of fused-ring (bicyclic) bond motifs is 1. The average Bonchev–Trinajstić information content (AvgIpc) is 2.60. The molecule has 1 aromatic heterocycles. The zero-order valence-electron chi connectivity index (χ0n) is 14.9. The van der Waals surface area contributed by atoms with Crippen molar-refractivity contribution in [2.75, 3.05) is 5.32 Å². The minimum atomic E-state index is -1.59. The summed E-state index contributed by atoms with van der Waals surface area (Å²) < 4.78 is 46.6. The molecule has 7 heteroatoms. The molecule has 0 fully saturated rings. The van der Waals surface area contributed by atoms with E-state index in [1.165, 1.54) is 6.07 Å². The molecule has 1 heterocycles. The first-order valence-electron chi connectivity index (χ1n) is 8.18. The van der Waals surface area contributed by atoms with Gasteiger partial charge in [-0.15, -0.1) is 0 Å². The van der Waals surface area contributed by atoms with E-state index in [4.69, 9.17) is 4.74 Å². The first-order chi connectivity index (χ1) is 12.7. The highest BCUT2D eigenvalue weighted by molar-refractivity contribution is 6.11. The molecule has 0 unspecified atom stereocenters. The number of hydrogen-bond acceptors (Lipinski definition) is 3. The van der Waals surface area contributed by atoms with Gasteiger partial charge in [-0.25, -0.2) is 13.2 Å². The minimum Gasteiger partial charge on any atom is -0.488 e. The minimum absolute atomic E-state index is 0.112. The quantitative estimate of drug-likeness (QED) is 0.651. The highest BCUT2D eigenvalue weighted by Gasteiger charge is 2.19. The molecule has 0 aliphatic rings. The Morgan fingerprint density at radius 3 is 2.30 bits per heavy atom. The standard InChI is InChI=1S/C20H17F3N2O2/c1-20(2,3)27-12-6-4-11(5-7-12)25-19(26)18-14-10-15(21)17(23)16(22)13(14)8-9-24-18/h4-10H,1-3H3,(H,25,26). The van der Waals surface area contributed by atoms with Gasteiger partial charge in [0.15, 0.2) is 17.5 Å². The average molecular weight is 374 g/mol. The number of hydrogen-bond donors (Lipinski definition) is 1. The number of anilines is 1. The molecule has 4 nitrogen and oxygen atoms in total. The number of pyridine rings is 1. The van der Waals surface area contributed by atoms with Gasteiger partial charge in [0.2, 0.25) is 0 Å². The van der Waals surface area contributed by atoms with Gasteiger partial charge in [-0.3, -0.25) is 9.78 Å². The Balaban J connectivity index is 1.89. The van der Waals surface area contributed by atoms with E-state index in [2.05, 4.69) is 10.3 Å². The van der Waals surface area contributed by atoms with Gasteiger partial charge in [0, 0.05) is 22.7 Å². The van der Waals surface area contributed by atoms with Crippen molar-refractivity contribution in [3.05, 3.63) is 65.7 Å². The summed E-state index contributed by atoms with van der Waals surface area (Å²) in [5.74, 6) is -4.37. The molecule has 0 aliphatic carbocycles. The highest BCUT2D eigenvalue weighted by atomic mass is 19.2. The van der Waals surface area contributed by atoms with Crippen LogP contribution in [-0.4, -0.2) is 16.5 Å². The van der Waals surface area contributed by atoms with E-state index in [9.17, 15) is 18.0 Å². The fourth-order valence-corrected chi connectivity index (χ4v) is 2.55. The van der Waals surface area contributed by atoms with E-state index in [0.717, 1.165) is 12.3 Å². The number of benzene rings is 2. The molecule has 0 saturated heterocycles. The second-order valence-corrected chi connectivity index (χ2v) is 6.93. The topological polar surface area (TPSA) is 51.2 Å². The molecule has 3 aromatic rings. The maximum Gasteiger partial charge on any atom is 0.274 e. The zero-order chi connectivity index (χ0) is 19.8. The third-order valence-electron chi connectivity index (χ3n) is 3.65. The Morgan fingerprint density at radius 2 is 1.67 bits per heavy atom. The van der Waals surface area contributed by atoms with E-state index in [1.54, 1.807) is 24.3 Å². The summed E-state index contributed by atoms with van der Waals surface area (Å²) in [6.45, 7) is 5.74. The predicted molar refractivity (Wildman–Crippen MR) is 96.4 cm³/mol. The Morgan fingerprint density at radius 1 is 1.00 bits per heavy atom. The Labute approximate surface area is 154 Å². The number of halogens is 3. The van der Waals surface area contributed by atoms with Crippen molar-refractivity contribution in [1.82, 2.24) is 4.98 Å². The monoisotopic (exact) mass is 374 g/mol. The molecule has 0 bridgehead atoms. The molecular weight excluding hydrogens is 357 g/mol. The largest absolute Gasteiger partial charge is 0.488 e. The fourth-order valence-electron chi connectivity index (χ4n) is 2.55. The van der Waals surface area contributed by atoms with Gasteiger partial charge >= 0.3 is 0 Å². The first-order valence-corrected chi connectivity index (χ1v) is 8.18. The molecule has 140 valence electrons. The second-order valence-electron chi connectivity index (χ2n) is 6.93. The molecule has 0 radical (unpaired) electrons. The zero-order valence-corrected chi connectivity index (χ0v) is 14.9. The van der Waals surface area contributed by atoms with Crippen LogP contribution >= 0.6 is 0 Å². The molecule has 1 amide bonds. The van der Waals surface area contributed by atoms with Crippen molar-refractivity contribution in [3.63, 3.8) is 0 Å². The maximum atomic E-state index is 13.9. The third-order valence-corrected chi connectivity index (χ3v) is 3.65. The summed E-state index contributed by atoms with van der Waals surface area (Å²) >= 11 is 0. The lowest BCUT2D eigenvalue weighted by Crippen LogP contribution is -2.22. The Kier molecular flexibility index (Phi) is 4.78. The molecule has 1 N–H and O–H groups in total. The molecule has 2 aromatic carbocycles. The number of rotatable bonds is 3. The molecule has 0 spiro atoms. The van der Waals surface area contributed by atoms with Gasteiger partial charge in [-0.05, 0) is 57.2 Å². The first kappa shape index (κ1) is 18.7. The number of nitrogens with one attached hydrogen (secondary N) is 1. The summed E-state index contributed by atoms with van der Waals surface area (Å²) in [5, 5.41) is 2.27. The normalized spacial score (nSPS) is 11.5. The van der Waals surface area contributed by atoms with Gasteiger partial charge in [-0.1, -0.05) is 0 Å². The van der Waals surface area contributed by atoms with Crippen LogP contribution < -0.4 is 10.1 Å². The van der Waals surface area contributed by atoms with Crippen LogP contribution in [0.1, 0.15) is 31.3 Å². The number of carbonyl (C=O) groups is 1. The third kappa shape index (κ3) is 4.02. The molecular formula is C20H17F3N2O2. The smallest absolute Gasteiger partial charge is 0.274 e. The number of ether oxygens (including phenoxy) is 1. The van der Waals surface area contributed by atoms with Crippen molar-refractivity contribution < 1.29 is 22.7 Å². The summed E-state index contributed by atoms with van der Waals surface area (Å²) in [6.07, 6.45) is 1.16. The van der Waals surface area contributed by atoms with Gasteiger partial charge in [0.05, 0.1) is 0 Å². The molecule has 0 saturated carbocycles. The predicted octanol–water partition coefficient (Wildman–Crippen LogP) is 5.08. The molecule has 0 aliphatic heterocycles. The van der Waals surface area contributed by atoms with Gasteiger partial charge in [0.25, 0.3) is 5.91 Å². The van der Waals surface area contributed by atoms with Crippen LogP contribution in [0, 0.1) is 17.5 Å². The summed E-state index contributed by atoms with van der Waals surface area (Å²) in [7, 11) is 0. The number of aromatic nitrogens is 1. The van der Waals surface area contributed by atoms with E-state index in [-0.39, 0.29) is 22.1 Å². The lowest BCUT2D eigenvalue weighted by molar-refractivity contribution is 0.102. The van der Waals surface area contributed by atoms with Crippen LogP contribution in [-0.2, 0) is 0 Å². The van der Waals surface area contributed by atoms with Gasteiger partial charge in [0.1, 0.15) is 17.0 Å². The Hall–Kier alpha value is -3.09. The SMILES string of the molecule is CC(C)(C)Oc1ccc(NC(=O)c2nccc3c(F)c(F)c(F)cc23)cc1. The second kappa shape index (κ2) is 6.90. The number of carbonyl (C=O) groups excluding carboxylic acids is 1. The van der Waals surface area contributed by atoms with Crippen LogP contribution in [0.4, 0.5) is 18.9 Å². The van der Waals surface area contributed by atoms with E-state index in [1.807, 2.05) is 20.8 Å². The summed E-state index contributed by atoms with van der Waals surface area (Å²) in [5.41, 5.74) is -0.121. The lowest BCUT2D eigenvalue weighted by atomic mass is 10.1.